The number of hydrogen-bond acceptors (Lipinski definition) is 2. The molecule has 0 N–H and O–H groups in total. The summed E-state index contributed by atoms with van der Waals surface area (Å²) >= 11 is 0. The minimum Gasteiger partial charge on any atom is -0.490 e. The molecule has 2 aromatic rings. The van der Waals surface area contributed by atoms with E-state index in [9.17, 15) is 18.0 Å². The molecule has 24 heavy (non-hydrogen) atoms. The third kappa shape index (κ3) is 3.25. The van der Waals surface area contributed by atoms with Crippen LogP contribution in [0.25, 0.3) is 10.8 Å². The normalized spacial score (nSPS) is 21.7. The molecule has 2 nitrogen and oxygen atoms in total. The first-order chi connectivity index (χ1) is 11.4. The molecule has 0 unspecified atom stereocenters. The molecule has 128 valence electrons. The Balaban J connectivity index is 2.06. The number of rotatable bonds is 3. The summed E-state index contributed by atoms with van der Waals surface area (Å²) in [6.45, 7) is 2.15. The fourth-order valence-corrected chi connectivity index (χ4v) is 3.38. The van der Waals surface area contributed by atoms with Crippen LogP contribution < -0.4 is 4.74 Å². The summed E-state index contributed by atoms with van der Waals surface area (Å²) in [5.41, 5.74) is -0.543. The molecule has 1 saturated carbocycles. The molecule has 0 radical (unpaired) electrons. The lowest BCUT2D eigenvalue weighted by atomic mass is 9.89. The number of aldehydes is 1. The fourth-order valence-electron chi connectivity index (χ4n) is 3.38. The topological polar surface area (TPSA) is 26.3 Å². The summed E-state index contributed by atoms with van der Waals surface area (Å²) in [5, 5.41) is 0.304. The molecule has 1 aliphatic carbocycles. The zero-order valence-corrected chi connectivity index (χ0v) is 13.4. The maximum Gasteiger partial charge on any atom is 0.420 e. The summed E-state index contributed by atoms with van der Waals surface area (Å²) in [6, 6.07) is 7.25. The van der Waals surface area contributed by atoms with Crippen LogP contribution in [0.15, 0.2) is 30.3 Å². The minimum atomic E-state index is -4.54. The highest BCUT2D eigenvalue weighted by Crippen LogP contribution is 2.43. The van der Waals surface area contributed by atoms with E-state index in [4.69, 9.17) is 4.74 Å². The smallest absolute Gasteiger partial charge is 0.420 e. The SMILES string of the molecule is CC1CCC(Oc2ccc3c(C=O)cccc3c2C(F)(F)F)CC1. The highest BCUT2D eigenvalue weighted by Gasteiger charge is 2.37. The first-order valence-corrected chi connectivity index (χ1v) is 8.15. The van der Waals surface area contributed by atoms with Gasteiger partial charge in [0.15, 0.2) is 6.29 Å². The van der Waals surface area contributed by atoms with Gasteiger partial charge in [0.2, 0.25) is 0 Å². The second kappa shape index (κ2) is 6.46. The molecule has 0 aliphatic heterocycles. The predicted molar refractivity (Wildman–Crippen MR) is 86.4 cm³/mol. The van der Waals surface area contributed by atoms with Crippen molar-refractivity contribution < 1.29 is 22.7 Å². The van der Waals surface area contributed by atoms with E-state index in [1.54, 1.807) is 0 Å². The zero-order valence-electron chi connectivity index (χ0n) is 13.4. The summed E-state index contributed by atoms with van der Waals surface area (Å²) in [4.78, 5) is 11.1. The molecule has 3 rings (SSSR count). The van der Waals surface area contributed by atoms with Crippen LogP contribution in [-0.2, 0) is 6.18 Å². The summed E-state index contributed by atoms with van der Waals surface area (Å²) in [7, 11) is 0. The van der Waals surface area contributed by atoms with Crippen molar-refractivity contribution >= 4 is 17.1 Å². The van der Waals surface area contributed by atoms with Gasteiger partial charge in [-0.05, 0) is 54.5 Å². The third-order valence-corrected chi connectivity index (χ3v) is 4.72. The molecule has 0 atom stereocenters. The van der Waals surface area contributed by atoms with E-state index in [1.807, 2.05) is 0 Å². The number of alkyl halides is 3. The largest absolute Gasteiger partial charge is 0.490 e. The lowest BCUT2D eigenvalue weighted by Gasteiger charge is -2.28. The van der Waals surface area contributed by atoms with Crippen molar-refractivity contribution in [2.45, 2.75) is 44.9 Å². The molecule has 0 aromatic heterocycles. The summed E-state index contributed by atoms with van der Waals surface area (Å²) in [5.74, 6) is 0.455. The van der Waals surface area contributed by atoms with Crippen LogP contribution in [-0.4, -0.2) is 12.4 Å². The van der Waals surface area contributed by atoms with Crippen molar-refractivity contribution in [1.82, 2.24) is 0 Å². The molecule has 0 spiro atoms. The van der Waals surface area contributed by atoms with Crippen LogP contribution in [0.1, 0.15) is 48.5 Å². The fraction of sp³-hybridized carbons (Fsp3) is 0.421. The number of halogens is 3. The van der Waals surface area contributed by atoms with E-state index in [1.165, 1.54) is 30.3 Å². The van der Waals surface area contributed by atoms with Gasteiger partial charge in [0.25, 0.3) is 0 Å². The maximum atomic E-state index is 13.7. The van der Waals surface area contributed by atoms with Gasteiger partial charge in [-0.1, -0.05) is 25.1 Å². The highest BCUT2D eigenvalue weighted by molar-refractivity contribution is 6.00. The minimum absolute atomic E-state index is 0.00813. The van der Waals surface area contributed by atoms with Crippen molar-refractivity contribution in [3.05, 3.63) is 41.5 Å². The molecule has 0 heterocycles. The summed E-state index contributed by atoms with van der Waals surface area (Å²) in [6.07, 6.45) is -0.683. The van der Waals surface area contributed by atoms with Crippen LogP contribution in [0, 0.1) is 5.92 Å². The van der Waals surface area contributed by atoms with Crippen molar-refractivity contribution in [3.63, 3.8) is 0 Å². The molecule has 0 bridgehead atoms. The van der Waals surface area contributed by atoms with Crippen LogP contribution in [0.2, 0.25) is 0 Å². The molecule has 2 aromatic carbocycles. The van der Waals surface area contributed by atoms with Crippen molar-refractivity contribution in [2.24, 2.45) is 5.92 Å². The van der Waals surface area contributed by atoms with Gasteiger partial charge in [-0.2, -0.15) is 13.2 Å². The number of ether oxygens (including phenoxy) is 1. The monoisotopic (exact) mass is 336 g/mol. The standard InChI is InChI=1S/C19H19F3O2/c1-12-5-7-14(8-6-12)24-17-10-9-15-13(11-23)3-2-4-16(15)18(17)19(20,21)22/h2-4,9-12,14H,5-8H2,1H3. The molecule has 1 fully saturated rings. The number of carbonyl (C=O) groups is 1. The lowest BCUT2D eigenvalue weighted by molar-refractivity contribution is -0.138. The van der Waals surface area contributed by atoms with Gasteiger partial charge in [0.05, 0.1) is 6.10 Å². The number of benzene rings is 2. The average molecular weight is 336 g/mol. The van der Waals surface area contributed by atoms with E-state index < -0.39 is 11.7 Å². The summed E-state index contributed by atoms with van der Waals surface area (Å²) < 4.78 is 46.7. The van der Waals surface area contributed by atoms with E-state index in [-0.39, 0.29) is 22.8 Å². The van der Waals surface area contributed by atoms with Crippen LogP contribution in [0.5, 0.6) is 5.75 Å². The Hall–Kier alpha value is -2.04. The van der Waals surface area contributed by atoms with Gasteiger partial charge in [0, 0.05) is 5.56 Å². The molecule has 1 aliphatic rings. The Labute approximate surface area is 138 Å². The van der Waals surface area contributed by atoms with Crippen molar-refractivity contribution in [3.8, 4) is 5.75 Å². The number of carbonyl (C=O) groups excluding carboxylic acids is 1. The molecular formula is C19H19F3O2. The Morgan fingerprint density at radius 3 is 2.38 bits per heavy atom. The number of hydrogen-bond donors (Lipinski definition) is 0. The van der Waals surface area contributed by atoms with Crippen LogP contribution >= 0.6 is 0 Å². The van der Waals surface area contributed by atoms with Crippen molar-refractivity contribution in [1.29, 1.82) is 0 Å². The predicted octanol–water partition coefficient (Wildman–Crippen LogP) is 5.63. The highest BCUT2D eigenvalue weighted by atomic mass is 19.4. The van der Waals surface area contributed by atoms with Gasteiger partial charge in [-0.25, -0.2) is 0 Å². The van der Waals surface area contributed by atoms with Gasteiger partial charge >= 0.3 is 6.18 Å². The first-order valence-electron chi connectivity index (χ1n) is 8.15. The van der Waals surface area contributed by atoms with Gasteiger partial charge < -0.3 is 4.74 Å². The number of fused-ring (bicyclic) bond motifs is 1. The second-order valence-corrected chi connectivity index (χ2v) is 6.50. The van der Waals surface area contributed by atoms with E-state index >= 15 is 0 Å². The Bertz CT molecular complexity index is 744. The third-order valence-electron chi connectivity index (χ3n) is 4.72. The second-order valence-electron chi connectivity index (χ2n) is 6.50. The van der Waals surface area contributed by atoms with Crippen molar-refractivity contribution in [2.75, 3.05) is 0 Å². The average Bonchev–Trinajstić information content (AvgIpc) is 2.54. The van der Waals surface area contributed by atoms with Crippen LogP contribution in [0.3, 0.4) is 0 Å². The lowest BCUT2D eigenvalue weighted by Crippen LogP contribution is -2.24. The Morgan fingerprint density at radius 1 is 1.04 bits per heavy atom. The maximum absolute atomic E-state index is 13.7. The quantitative estimate of drug-likeness (QED) is 0.679. The van der Waals surface area contributed by atoms with Gasteiger partial charge in [-0.3, -0.25) is 4.79 Å². The zero-order chi connectivity index (χ0) is 17.3. The molecule has 5 heteroatoms. The van der Waals surface area contributed by atoms with Crippen LogP contribution in [0.4, 0.5) is 13.2 Å². The molecular weight excluding hydrogens is 317 g/mol. The van der Waals surface area contributed by atoms with E-state index in [0.717, 1.165) is 25.7 Å². The Morgan fingerprint density at radius 2 is 1.75 bits per heavy atom. The van der Waals surface area contributed by atoms with Gasteiger partial charge in [0.1, 0.15) is 11.3 Å². The molecule has 0 saturated heterocycles. The first kappa shape index (κ1) is 16.8. The molecule has 0 amide bonds. The van der Waals surface area contributed by atoms with Gasteiger partial charge in [-0.15, -0.1) is 0 Å². The van der Waals surface area contributed by atoms with E-state index in [0.29, 0.717) is 17.6 Å². The van der Waals surface area contributed by atoms with E-state index in [2.05, 4.69) is 6.92 Å². The Kier molecular flexibility index (Phi) is 4.52.